The Balaban J connectivity index is 1.58. The van der Waals surface area contributed by atoms with Gasteiger partial charge in [0.05, 0.1) is 5.02 Å². The van der Waals surface area contributed by atoms with E-state index in [1.807, 2.05) is 6.07 Å². The predicted octanol–water partition coefficient (Wildman–Crippen LogP) is 3.72. The van der Waals surface area contributed by atoms with Gasteiger partial charge in [-0.1, -0.05) is 28.9 Å². The minimum atomic E-state index is -0.315. The predicted molar refractivity (Wildman–Crippen MR) is 94.9 cm³/mol. The van der Waals surface area contributed by atoms with Crippen LogP contribution in [0, 0.1) is 6.92 Å². The van der Waals surface area contributed by atoms with Crippen molar-refractivity contribution in [1.82, 2.24) is 10.1 Å². The van der Waals surface area contributed by atoms with Crippen molar-refractivity contribution in [3.8, 4) is 22.9 Å². The maximum absolute atomic E-state index is 12.6. The molecular weight excluding hydrogens is 358 g/mol. The first-order valence-corrected chi connectivity index (χ1v) is 8.29. The topological polar surface area (TPSA) is 86.5 Å². The molecule has 1 aliphatic rings. The number of hydrogen-bond acceptors (Lipinski definition) is 6. The Morgan fingerprint density at radius 3 is 2.85 bits per heavy atom. The maximum atomic E-state index is 12.6. The fraction of sp³-hybridized carbons (Fsp3) is 0.167. The van der Waals surface area contributed by atoms with Crippen molar-refractivity contribution in [3.63, 3.8) is 0 Å². The molecule has 132 valence electrons. The van der Waals surface area contributed by atoms with Gasteiger partial charge in [-0.05, 0) is 24.3 Å². The number of carbonyl (C=O) groups excluding carboxylic acids is 1. The molecule has 0 saturated carbocycles. The summed E-state index contributed by atoms with van der Waals surface area (Å²) >= 11 is 6.19. The van der Waals surface area contributed by atoms with Crippen LogP contribution in [0.15, 0.2) is 40.9 Å². The number of fused-ring (bicyclic) bond motifs is 1. The van der Waals surface area contributed by atoms with Crippen molar-refractivity contribution in [1.29, 1.82) is 0 Å². The largest absolute Gasteiger partial charge is 0.486 e. The van der Waals surface area contributed by atoms with Crippen molar-refractivity contribution in [2.24, 2.45) is 0 Å². The Hall–Kier alpha value is -3.06. The Morgan fingerprint density at radius 2 is 2.04 bits per heavy atom. The van der Waals surface area contributed by atoms with Crippen LogP contribution in [0.1, 0.15) is 16.2 Å². The Bertz CT molecular complexity index is 986. The number of nitrogens with zero attached hydrogens (tertiary/aromatic N) is 2. The average molecular weight is 372 g/mol. The van der Waals surface area contributed by atoms with Gasteiger partial charge in [0.15, 0.2) is 11.5 Å². The van der Waals surface area contributed by atoms with E-state index < -0.39 is 0 Å². The third kappa shape index (κ3) is 3.21. The highest BCUT2D eigenvalue weighted by molar-refractivity contribution is 6.32. The molecule has 0 radical (unpaired) electrons. The molecule has 0 bridgehead atoms. The van der Waals surface area contributed by atoms with Crippen LogP contribution in [0.25, 0.3) is 11.4 Å². The number of aromatic nitrogens is 2. The third-order valence-corrected chi connectivity index (χ3v) is 4.05. The summed E-state index contributed by atoms with van der Waals surface area (Å²) in [6, 6.07) is 10.3. The van der Waals surface area contributed by atoms with Crippen molar-refractivity contribution >= 4 is 23.2 Å². The van der Waals surface area contributed by atoms with Crippen LogP contribution in [0.4, 0.5) is 5.69 Å². The van der Waals surface area contributed by atoms with E-state index in [1.54, 1.807) is 37.3 Å². The molecule has 1 amide bonds. The fourth-order valence-electron chi connectivity index (χ4n) is 2.60. The zero-order valence-corrected chi connectivity index (χ0v) is 14.5. The second kappa shape index (κ2) is 6.68. The highest BCUT2D eigenvalue weighted by Crippen LogP contribution is 2.38. The summed E-state index contributed by atoms with van der Waals surface area (Å²) in [7, 11) is 0. The SMILES string of the molecule is Cc1nc(-c2cccc(NC(=O)c3cc(Cl)c4c(c3)OCCO4)c2)no1. The first-order valence-electron chi connectivity index (χ1n) is 7.91. The number of amides is 1. The van der Waals surface area contributed by atoms with Crippen molar-refractivity contribution in [3.05, 3.63) is 52.9 Å². The summed E-state index contributed by atoms with van der Waals surface area (Å²) in [4.78, 5) is 16.8. The van der Waals surface area contributed by atoms with E-state index in [-0.39, 0.29) is 5.91 Å². The van der Waals surface area contributed by atoms with Crippen LogP contribution in [0.3, 0.4) is 0 Å². The smallest absolute Gasteiger partial charge is 0.255 e. The van der Waals surface area contributed by atoms with Gasteiger partial charge >= 0.3 is 0 Å². The van der Waals surface area contributed by atoms with E-state index in [4.69, 9.17) is 25.6 Å². The molecule has 0 spiro atoms. The average Bonchev–Trinajstić information content (AvgIpc) is 3.08. The van der Waals surface area contributed by atoms with Gasteiger partial charge in [-0.15, -0.1) is 0 Å². The highest BCUT2D eigenvalue weighted by Gasteiger charge is 2.19. The molecule has 0 atom stereocenters. The van der Waals surface area contributed by atoms with E-state index in [0.717, 1.165) is 5.56 Å². The summed E-state index contributed by atoms with van der Waals surface area (Å²) in [5.74, 6) is 1.54. The molecule has 1 aromatic heterocycles. The third-order valence-electron chi connectivity index (χ3n) is 3.77. The minimum Gasteiger partial charge on any atom is -0.486 e. The van der Waals surface area contributed by atoms with Crippen LogP contribution in [0.2, 0.25) is 5.02 Å². The fourth-order valence-corrected chi connectivity index (χ4v) is 2.86. The molecule has 2 aromatic carbocycles. The zero-order chi connectivity index (χ0) is 18.1. The van der Waals surface area contributed by atoms with Gasteiger partial charge < -0.3 is 19.3 Å². The molecule has 1 aliphatic heterocycles. The van der Waals surface area contributed by atoms with Crippen molar-refractivity contribution < 1.29 is 18.8 Å². The first-order chi connectivity index (χ1) is 12.6. The Kier molecular flexibility index (Phi) is 4.22. The summed E-state index contributed by atoms with van der Waals surface area (Å²) in [5.41, 5.74) is 1.71. The molecule has 0 fully saturated rings. The van der Waals surface area contributed by atoms with Gasteiger partial charge in [0.25, 0.3) is 5.91 Å². The summed E-state index contributed by atoms with van der Waals surface area (Å²) in [6.07, 6.45) is 0. The number of rotatable bonds is 3. The molecule has 8 heteroatoms. The maximum Gasteiger partial charge on any atom is 0.255 e. The van der Waals surface area contributed by atoms with Crippen LogP contribution in [-0.2, 0) is 0 Å². The number of anilines is 1. The molecule has 1 N–H and O–H groups in total. The lowest BCUT2D eigenvalue weighted by molar-refractivity contribution is 0.102. The van der Waals surface area contributed by atoms with E-state index in [2.05, 4.69) is 15.5 Å². The minimum absolute atomic E-state index is 0.315. The quantitative estimate of drug-likeness (QED) is 0.755. The molecule has 2 heterocycles. The standard InChI is InChI=1S/C18H14ClN3O4/c1-10-20-17(22-26-10)11-3-2-4-13(7-11)21-18(23)12-8-14(19)16-15(9-12)24-5-6-25-16/h2-4,7-9H,5-6H2,1H3,(H,21,23). The molecule has 0 aliphatic carbocycles. The molecule has 4 rings (SSSR count). The molecule has 7 nitrogen and oxygen atoms in total. The second-order valence-electron chi connectivity index (χ2n) is 5.65. The molecule has 0 unspecified atom stereocenters. The van der Waals surface area contributed by atoms with Gasteiger partial charge in [-0.3, -0.25) is 4.79 Å². The lowest BCUT2D eigenvalue weighted by Gasteiger charge is -2.20. The van der Waals surface area contributed by atoms with Crippen LogP contribution in [-0.4, -0.2) is 29.3 Å². The number of hydrogen-bond donors (Lipinski definition) is 1. The lowest BCUT2D eigenvalue weighted by atomic mass is 10.1. The number of carbonyl (C=O) groups is 1. The molecule has 26 heavy (non-hydrogen) atoms. The van der Waals surface area contributed by atoms with Gasteiger partial charge in [0.1, 0.15) is 13.2 Å². The van der Waals surface area contributed by atoms with Gasteiger partial charge in [-0.2, -0.15) is 4.98 Å². The molecule has 0 saturated heterocycles. The summed E-state index contributed by atoms with van der Waals surface area (Å²) in [6.45, 7) is 2.56. The normalized spacial score (nSPS) is 12.7. The van der Waals surface area contributed by atoms with E-state index in [1.165, 1.54) is 0 Å². The van der Waals surface area contributed by atoms with E-state index in [0.29, 0.717) is 52.7 Å². The van der Waals surface area contributed by atoms with Crippen LogP contribution in [0.5, 0.6) is 11.5 Å². The number of ether oxygens (including phenoxy) is 2. The van der Waals surface area contributed by atoms with Gasteiger partial charge in [0.2, 0.25) is 11.7 Å². The summed E-state index contributed by atoms with van der Waals surface area (Å²) in [5, 5.41) is 7.04. The number of nitrogens with one attached hydrogen (secondary N) is 1. The monoisotopic (exact) mass is 371 g/mol. The van der Waals surface area contributed by atoms with Gasteiger partial charge in [0, 0.05) is 23.7 Å². The van der Waals surface area contributed by atoms with Crippen LogP contribution >= 0.6 is 11.6 Å². The van der Waals surface area contributed by atoms with E-state index >= 15 is 0 Å². The second-order valence-corrected chi connectivity index (χ2v) is 6.06. The summed E-state index contributed by atoms with van der Waals surface area (Å²) < 4.78 is 16.0. The van der Waals surface area contributed by atoms with E-state index in [9.17, 15) is 4.79 Å². The van der Waals surface area contributed by atoms with Crippen LogP contribution < -0.4 is 14.8 Å². The number of benzene rings is 2. The molecule has 3 aromatic rings. The first kappa shape index (κ1) is 16.4. The van der Waals surface area contributed by atoms with Gasteiger partial charge in [-0.25, -0.2) is 0 Å². The Labute approximate surface area is 153 Å². The number of halogens is 1. The molecular formula is C18H14ClN3O4. The highest BCUT2D eigenvalue weighted by atomic mass is 35.5. The zero-order valence-electron chi connectivity index (χ0n) is 13.8. The van der Waals surface area contributed by atoms with Crippen molar-refractivity contribution in [2.75, 3.05) is 18.5 Å². The number of aryl methyl sites for hydroxylation is 1. The lowest BCUT2D eigenvalue weighted by Crippen LogP contribution is -2.17. The Morgan fingerprint density at radius 1 is 1.19 bits per heavy atom. The van der Waals surface area contributed by atoms with Crippen molar-refractivity contribution in [2.45, 2.75) is 6.92 Å².